The van der Waals surface area contributed by atoms with Crippen LogP contribution in [0.3, 0.4) is 0 Å². The summed E-state index contributed by atoms with van der Waals surface area (Å²) in [7, 11) is -0.771. The zero-order chi connectivity index (χ0) is 21.1. The van der Waals surface area contributed by atoms with Gasteiger partial charge in [-0.25, -0.2) is 17.5 Å². The van der Waals surface area contributed by atoms with Crippen LogP contribution in [0.5, 0.6) is 0 Å². The molecule has 0 aliphatic carbocycles. The smallest absolute Gasteiger partial charge is 0.339 e. The number of amides is 1. The van der Waals surface area contributed by atoms with Gasteiger partial charge >= 0.3 is 5.97 Å². The van der Waals surface area contributed by atoms with E-state index in [1.807, 2.05) is 13.0 Å². The Hall–Kier alpha value is -2.71. The number of benzene rings is 2. The summed E-state index contributed by atoms with van der Waals surface area (Å²) < 4.78 is 30.7. The van der Waals surface area contributed by atoms with Crippen LogP contribution in [-0.4, -0.2) is 44.8 Å². The van der Waals surface area contributed by atoms with Crippen molar-refractivity contribution < 1.29 is 22.7 Å². The largest absolute Gasteiger partial charge is 0.449 e. The van der Waals surface area contributed by atoms with Gasteiger partial charge in [0, 0.05) is 19.8 Å². The lowest BCUT2D eigenvalue weighted by atomic mass is 10.1. The minimum Gasteiger partial charge on any atom is -0.449 e. The Balaban J connectivity index is 2.09. The minimum atomic E-state index is -3.62. The first-order valence-corrected chi connectivity index (χ1v) is 10.1. The molecule has 0 fully saturated rings. The number of carbonyl (C=O) groups is 2. The Bertz CT molecular complexity index is 999. The maximum atomic E-state index is 12.4. The van der Waals surface area contributed by atoms with Gasteiger partial charge in [-0.15, -0.1) is 0 Å². The van der Waals surface area contributed by atoms with E-state index < -0.39 is 28.0 Å². The summed E-state index contributed by atoms with van der Waals surface area (Å²) in [5.41, 5.74) is 2.47. The molecule has 28 heavy (non-hydrogen) atoms. The van der Waals surface area contributed by atoms with Crippen LogP contribution in [-0.2, 0) is 19.6 Å². The van der Waals surface area contributed by atoms with Crippen LogP contribution in [0.2, 0.25) is 0 Å². The molecular weight excluding hydrogens is 380 g/mol. The van der Waals surface area contributed by atoms with Gasteiger partial charge in [-0.3, -0.25) is 4.79 Å². The molecule has 0 saturated heterocycles. The van der Waals surface area contributed by atoms with Crippen LogP contribution in [0.1, 0.15) is 28.4 Å². The van der Waals surface area contributed by atoms with Crippen molar-refractivity contribution >= 4 is 27.6 Å². The quantitative estimate of drug-likeness (QED) is 0.748. The van der Waals surface area contributed by atoms with Crippen molar-refractivity contribution in [2.45, 2.75) is 31.8 Å². The number of hydrogen-bond donors (Lipinski definition) is 1. The highest BCUT2D eigenvalue weighted by Gasteiger charge is 2.22. The number of aryl methyl sites for hydroxylation is 2. The number of sulfonamides is 1. The second kappa shape index (κ2) is 8.53. The summed E-state index contributed by atoms with van der Waals surface area (Å²) in [6.07, 6.45) is -1.05. The number of carbonyl (C=O) groups excluding carboxylic acids is 2. The summed E-state index contributed by atoms with van der Waals surface area (Å²) in [5.74, 6) is -1.15. The van der Waals surface area contributed by atoms with Gasteiger partial charge in [0.25, 0.3) is 5.91 Å². The number of nitrogens with one attached hydrogen (secondary N) is 1. The summed E-state index contributed by atoms with van der Waals surface area (Å²) >= 11 is 0. The third-order valence-electron chi connectivity index (χ3n) is 4.14. The average molecular weight is 404 g/mol. The molecule has 2 aromatic carbocycles. The van der Waals surface area contributed by atoms with Gasteiger partial charge in [-0.2, -0.15) is 0 Å². The Labute approximate surface area is 165 Å². The Morgan fingerprint density at radius 3 is 2.36 bits per heavy atom. The van der Waals surface area contributed by atoms with Gasteiger partial charge in [0.1, 0.15) is 0 Å². The lowest BCUT2D eigenvalue weighted by molar-refractivity contribution is -0.123. The van der Waals surface area contributed by atoms with Crippen molar-refractivity contribution in [3.63, 3.8) is 0 Å². The zero-order valence-corrected chi connectivity index (χ0v) is 17.3. The maximum Gasteiger partial charge on any atom is 0.339 e. The van der Waals surface area contributed by atoms with E-state index in [9.17, 15) is 18.0 Å². The number of anilines is 1. The van der Waals surface area contributed by atoms with Crippen LogP contribution >= 0.6 is 0 Å². The average Bonchev–Trinajstić information content (AvgIpc) is 2.61. The van der Waals surface area contributed by atoms with Crippen LogP contribution in [0.15, 0.2) is 47.4 Å². The fourth-order valence-electron chi connectivity index (χ4n) is 2.51. The van der Waals surface area contributed by atoms with Crippen molar-refractivity contribution in [3.05, 3.63) is 59.2 Å². The first-order valence-electron chi connectivity index (χ1n) is 8.64. The molecule has 0 unspecified atom stereocenters. The predicted molar refractivity (Wildman–Crippen MR) is 107 cm³/mol. The van der Waals surface area contributed by atoms with E-state index in [-0.39, 0.29) is 4.90 Å². The minimum absolute atomic E-state index is 0.0511. The van der Waals surface area contributed by atoms with Crippen molar-refractivity contribution in [2.75, 3.05) is 19.4 Å². The van der Waals surface area contributed by atoms with E-state index in [1.54, 1.807) is 25.1 Å². The number of esters is 1. The maximum absolute atomic E-state index is 12.4. The van der Waals surface area contributed by atoms with Gasteiger partial charge < -0.3 is 10.1 Å². The van der Waals surface area contributed by atoms with E-state index in [2.05, 4.69) is 5.32 Å². The molecule has 7 nitrogen and oxygen atoms in total. The highest BCUT2D eigenvalue weighted by molar-refractivity contribution is 7.89. The van der Waals surface area contributed by atoms with Crippen LogP contribution in [0.25, 0.3) is 0 Å². The van der Waals surface area contributed by atoms with Crippen LogP contribution in [0.4, 0.5) is 5.69 Å². The molecule has 1 N–H and O–H groups in total. The van der Waals surface area contributed by atoms with Crippen molar-refractivity contribution in [1.29, 1.82) is 0 Å². The zero-order valence-electron chi connectivity index (χ0n) is 16.5. The van der Waals surface area contributed by atoms with Gasteiger partial charge in [0.05, 0.1) is 10.5 Å². The second-order valence-electron chi connectivity index (χ2n) is 6.67. The monoisotopic (exact) mass is 404 g/mol. The van der Waals surface area contributed by atoms with Gasteiger partial charge in [-0.05, 0) is 50.6 Å². The third-order valence-corrected chi connectivity index (χ3v) is 5.95. The number of rotatable bonds is 6. The fourth-order valence-corrected chi connectivity index (χ4v) is 3.46. The molecule has 0 heterocycles. The molecule has 0 radical (unpaired) electrons. The highest BCUT2D eigenvalue weighted by Crippen LogP contribution is 2.19. The molecule has 8 heteroatoms. The van der Waals surface area contributed by atoms with E-state index in [1.165, 1.54) is 39.2 Å². The SMILES string of the molecule is Cc1ccc(C(=O)O[C@H](C)C(=O)Nc2cccc(S(=O)(=O)N(C)C)c2)c(C)c1. The molecule has 0 aromatic heterocycles. The molecule has 0 aliphatic rings. The summed E-state index contributed by atoms with van der Waals surface area (Å²) in [6, 6.07) is 11.2. The molecule has 1 atom stereocenters. The van der Waals surface area contributed by atoms with Crippen LogP contribution in [0, 0.1) is 13.8 Å². The van der Waals surface area contributed by atoms with E-state index in [0.29, 0.717) is 11.3 Å². The number of hydrogen-bond acceptors (Lipinski definition) is 5. The lowest BCUT2D eigenvalue weighted by Gasteiger charge is -2.16. The molecule has 0 saturated carbocycles. The molecule has 150 valence electrons. The normalized spacial score (nSPS) is 12.5. The van der Waals surface area contributed by atoms with Gasteiger partial charge in [0.15, 0.2) is 6.10 Å². The lowest BCUT2D eigenvalue weighted by Crippen LogP contribution is -2.30. The summed E-state index contributed by atoms with van der Waals surface area (Å²) in [5, 5.41) is 2.57. The van der Waals surface area contributed by atoms with Gasteiger partial charge in [0.2, 0.25) is 10.0 Å². The third kappa shape index (κ3) is 4.96. The molecule has 2 rings (SSSR count). The van der Waals surface area contributed by atoms with E-state index in [0.717, 1.165) is 15.4 Å². The van der Waals surface area contributed by atoms with Crippen molar-refractivity contribution in [1.82, 2.24) is 4.31 Å². The molecular formula is C20H24N2O5S. The topological polar surface area (TPSA) is 92.8 Å². The fraction of sp³-hybridized carbons (Fsp3) is 0.300. The summed E-state index contributed by atoms with van der Waals surface area (Å²) in [6.45, 7) is 5.17. The Morgan fingerprint density at radius 1 is 1.07 bits per heavy atom. The summed E-state index contributed by atoms with van der Waals surface area (Å²) in [4.78, 5) is 24.7. The number of nitrogens with zero attached hydrogens (tertiary/aromatic N) is 1. The van der Waals surface area contributed by atoms with E-state index in [4.69, 9.17) is 4.74 Å². The van der Waals surface area contributed by atoms with Crippen molar-refractivity contribution in [2.24, 2.45) is 0 Å². The first-order chi connectivity index (χ1) is 13.0. The highest BCUT2D eigenvalue weighted by atomic mass is 32.2. The standard InChI is InChI=1S/C20H24N2O5S/c1-13-9-10-18(14(2)11-13)20(24)27-15(3)19(23)21-16-7-6-8-17(12-16)28(25,26)22(4)5/h6-12,15H,1-5H3,(H,21,23)/t15-/m1/s1. The van der Waals surface area contributed by atoms with Gasteiger partial charge in [-0.1, -0.05) is 23.8 Å². The van der Waals surface area contributed by atoms with Crippen LogP contribution < -0.4 is 5.32 Å². The first kappa shape index (κ1) is 21.6. The molecule has 0 spiro atoms. The predicted octanol–water partition coefficient (Wildman–Crippen LogP) is 2.74. The molecule has 0 bridgehead atoms. The second-order valence-corrected chi connectivity index (χ2v) is 8.82. The molecule has 2 aromatic rings. The Kier molecular flexibility index (Phi) is 6.58. The molecule has 0 aliphatic heterocycles. The van der Waals surface area contributed by atoms with E-state index >= 15 is 0 Å². The molecule has 1 amide bonds. The Morgan fingerprint density at radius 2 is 1.75 bits per heavy atom. The number of ether oxygens (including phenoxy) is 1. The van der Waals surface area contributed by atoms with Crippen molar-refractivity contribution in [3.8, 4) is 0 Å².